The number of benzene rings is 3. The van der Waals surface area contributed by atoms with Crippen molar-refractivity contribution in [2.75, 3.05) is 0 Å². The lowest BCUT2D eigenvalue weighted by atomic mass is 10.0. The molecule has 19 heavy (non-hydrogen) atoms. The third-order valence-electron chi connectivity index (χ3n) is 3.23. The van der Waals surface area contributed by atoms with Gasteiger partial charge in [0.1, 0.15) is 0 Å². The monoisotopic (exact) mass is 243 g/mol. The maximum atomic E-state index is 3.26. The Hall–Kier alpha value is -2.34. The molecule has 0 heteroatoms. The Bertz CT molecular complexity index is 622. The molecular weight excluding hydrogens is 228 g/mol. The molecule has 0 spiro atoms. The van der Waals surface area contributed by atoms with Crippen molar-refractivity contribution in [2.24, 2.45) is 0 Å². The molecule has 0 saturated heterocycles. The Labute approximate surface area is 114 Å². The first kappa shape index (κ1) is 11.7. The van der Waals surface area contributed by atoms with Crippen molar-refractivity contribution < 1.29 is 0 Å². The largest absolute Gasteiger partial charge is 0.0622 e. The zero-order chi connectivity index (χ0) is 12.9. The fourth-order valence-corrected chi connectivity index (χ4v) is 2.21. The lowest BCUT2D eigenvalue weighted by Gasteiger charge is -2.04. The van der Waals surface area contributed by atoms with Crippen LogP contribution in [0.4, 0.5) is 0 Å². The fraction of sp³-hybridized carbons (Fsp3) is 0.0526. The molecule has 0 aliphatic carbocycles. The van der Waals surface area contributed by atoms with Crippen LogP contribution in [0.5, 0.6) is 0 Å². The van der Waals surface area contributed by atoms with Crippen LogP contribution in [0.15, 0.2) is 78.9 Å². The van der Waals surface area contributed by atoms with E-state index in [0.29, 0.717) is 0 Å². The minimum atomic E-state index is 0.940. The molecule has 3 aromatic carbocycles. The molecule has 0 saturated carbocycles. The Morgan fingerprint density at radius 2 is 1.32 bits per heavy atom. The molecule has 1 radical (unpaired) electrons. The first-order chi connectivity index (χ1) is 9.42. The Balaban J connectivity index is 1.80. The maximum absolute atomic E-state index is 3.26. The molecular formula is C19H15. The van der Waals surface area contributed by atoms with Crippen LogP contribution in [0.1, 0.15) is 11.1 Å². The lowest BCUT2D eigenvalue weighted by Crippen LogP contribution is -1.87. The second-order valence-electron chi connectivity index (χ2n) is 4.63. The number of rotatable bonds is 3. The summed E-state index contributed by atoms with van der Waals surface area (Å²) >= 11 is 0. The van der Waals surface area contributed by atoms with Crippen LogP contribution in [-0.2, 0) is 6.42 Å². The van der Waals surface area contributed by atoms with Gasteiger partial charge in [-0.25, -0.2) is 0 Å². The molecule has 3 rings (SSSR count). The van der Waals surface area contributed by atoms with E-state index in [-0.39, 0.29) is 0 Å². The van der Waals surface area contributed by atoms with Crippen LogP contribution in [0.2, 0.25) is 0 Å². The van der Waals surface area contributed by atoms with Gasteiger partial charge in [0.2, 0.25) is 0 Å². The normalized spacial score (nSPS) is 10.3. The minimum absolute atomic E-state index is 0.940. The van der Waals surface area contributed by atoms with Crippen molar-refractivity contribution in [1.82, 2.24) is 0 Å². The standard InChI is InChI=1S/C19H15/c1-3-7-16(8-4-1)15-17-11-13-19(14-12-17)18-9-5-2-6-10-18/h1-7,9-14H,15H2. The quantitative estimate of drug-likeness (QED) is 0.623. The van der Waals surface area contributed by atoms with Gasteiger partial charge >= 0.3 is 0 Å². The molecule has 0 atom stereocenters. The van der Waals surface area contributed by atoms with Crippen molar-refractivity contribution >= 4 is 0 Å². The van der Waals surface area contributed by atoms with Gasteiger partial charge in [-0.3, -0.25) is 0 Å². The van der Waals surface area contributed by atoms with Crippen LogP contribution in [0.25, 0.3) is 11.1 Å². The predicted molar refractivity (Wildman–Crippen MR) is 80.0 cm³/mol. The molecule has 0 nitrogen and oxygen atoms in total. The summed E-state index contributed by atoms with van der Waals surface area (Å²) in [6.45, 7) is 0. The Morgan fingerprint density at radius 3 is 2.00 bits per heavy atom. The minimum Gasteiger partial charge on any atom is -0.0622 e. The second kappa shape index (κ2) is 5.53. The summed E-state index contributed by atoms with van der Waals surface area (Å²) in [5.41, 5.74) is 5.08. The zero-order valence-corrected chi connectivity index (χ0v) is 10.7. The molecule has 0 N–H and O–H groups in total. The van der Waals surface area contributed by atoms with Gasteiger partial charge in [0.15, 0.2) is 0 Å². The van der Waals surface area contributed by atoms with E-state index in [9.17, 15) is 0 Å². The smallest absolute Gasteiger partial charge is 0.00196 e. The van der Waals surface area contributed by atoms with E-state index >= 15 is 0 Å². The van der Waals surface area contributed by atoms with Crippen molar-refractivity contribution in [2.45, 2.75) is 6.42 Å². The molecule has 0 bridgehead atoms. The fourth-order valence-electron chi connectivity index (χ4n) is 2.21. The summed E-state index contributed by atoms with van der Waals surface area (Å²) in [6, 6.07) is 30.6. The summed E-state index contributed by atoms with van der Waals surface area (Å²) in [5, 5.41) is 0. The molecule has 0 aliphatic heterocycles. The SMILES string of the molecule is [c]1ccccc1Cc1ccc(-c2ccccc2)cc1. The van der Waals surface area contributed by atoms with Gasteiger partial charge in [0.25, 0.3) is 0 Å². The van der Waals surface area contributed by atoms with Gasteiger partial charge < -0.3 is 0 Å². The van der Waals surface area contributed by atoms with E-state index in [1.807, 2.05) is 18.2 Å². The van der Waals surface area contributed by atoms with Crippen LogP contribution in [0, 0.1) is 6.07 Å². The molecule has 91 valence electrons. The highest BCUT2D eigenvalue weighted by atomic mass is 14.0. The zero-order valence-electron chi connectivity index (χ0n) is 10.7. The van der Waals surface area contributed by atoms with Crippen molar-refractivity contribution in [3.63, 3.8) is 0 Å². The molecule has 0 heterocycles. The van der Waals surface area contributed by atoms with Gasteiger partial charge in [-0.05, 0) is 34.7 Å². The number of hydrogen-bond donors (Lipinski definition) is 0. The van der Waals surface area contributed by atoms with Gasteiger partial charge in [-0.15, -0.1) is 0 Å². The lowest BCUT2D eigenvalue weighted by molar-refractivity contribution is 1.19. The third-order valence-corrected chi connectivity index (χ3v) is 3.23. The van der Waals surface area contributed by atoms with E-state index in [1.165, 1.54) is 22.3 Å². The summed E-state index contributed by atoms with van der Waals surface area (Å²) in [4.78, 5) is 0. The highest BCUT2D eigenvalue weighted by Gasteiger charge is 1.98. The summed E-state index contributed by atoms with van der Waals surface area (Å²) in [7, 11) is 0. The van der Waals surface area contributed by atoms with Crippen LogP contribution < -0.4 is 0 Å². The third kappa shape index (κ3) is 2.92. The number of hydrogen-bond acceptors (Lipinski definition) is 0. The summed E-state index contributed by atoms with van der Waals surface area (Å²) < 4.78 is 0. The molecule has 0 fully saturated rings. The van der Waals surface area contributed by atoms with Crippen LogP contribution in [-0.4, -0.2) is 0 Å². The highest BCUT2D eigenvalue weighted by Crippen LogP contribution is 2.20. The van der Waals surface area contributed by atoms with Gasteiger partial charge in [-0.2, -0.15) is 0 Å². The first-order valence-electron chi connectivity index (χ1n) is 6.52. The average molecular weight is 243 g/mol. The molecule has 0 aromatic heterocycles. The van der Waals surface area contributed by atoms with E-state index in [2.05, 4.69) is 66.7 Å². The van der Waals surface area contributed by atoms with Crippen LogP contribution in [0.3, 0.4) is 0 Å². The Morgan fingerprint density at radius 1 is 0.632 bits per heavy atom. The molecule has 0 aliphatic rings. The molecule has 0 unspecified atom stereocenters. The van der Waals surface area contributed by atoms with Gasteiger partial charge in [0, 0.05) is 0 Å². The highest BCUT2D eigenvalue weighted by molar-refractivity contribution is 5.63. The van der Waals surface area contributed by atoms with E-state index in [1.54, 1.807) is 0 Å². The van der Waals surface area contributed by atoms with Gasteiger partial charge in [0.05, 0.1) is 0 Å². The average Bonchev–Trinajstić information content (AvgIpc) is 2.50. The molecule has 0 amide bonds. The summed E-state index contributed by atoms with van der Waals surface area (Å²) in [5.74, 6) is 0. The first-order valence-corrected chi connectivity index (χ1v) is 6.52. The summed E-state index contributed by atoms with van der Waals surface area (Å²) in [6.07, 6.45) is 0.940. The van der Waals surface area contributed by atoms with Gasteiger partial charge in [-0.1, -0.05) is 78.9 Å². The van der Waals surface area contributed by atoms with Crippen LogP contribution >= 0.6 is 0 Å². The van der Waals surface area contributed by atoms with E-state index < -0.39 is 0 Å². The molecule has 3 aromatic rings. The van der Waals surface area contributed by atoms with E-state index in [4.69, 9.17) is 0 Å². The van der Waals surface area contributed by atoms with E-state index in [0.717, 1.165) is 6.42 Å². The van der Waals surface area contributed by atoms with Crippen molar-refractivity contribution in [3.05, 3.63) is 96.1 Å². The Kier molecular flexibility index (Phi) is 3.42. The maximum Gasteiger partial charge on any atom is -0.00196 e. The predicted octanol–water partition coefficient (Wildman–Crippen LogP) is 4.74. The van der Waals surface area contributed by atoms with Crippen molar-refractivity contribution in [1.29, 1.82) is 0 Å². The van der Waals surface area contributed by atoms with Crippen molar-refractivity contribution in [3.8, 4) is 11.1 Å². The second-order valence-corrected chi connectivity index (χ2v) is 4.63. The topological polar surface area (TPSA) is 0 Å².